The summed E-state index contributed by atoms with van der Waals surface area (Å²) >= 11 is 0. The highest BCUT2D eigenvalue weighted by atomic mass is 16.2. The molecule has 1 atom stereocenters. The molecule has 3 nitrogen and oxygen atoms in total. The van der Waals surface area contributed by atoms with E-state index in [9.17, 15) is 4.79 Å². The lowest BCUT2D eigenvalue weighted by atomic mass is 9.96. The lowest BCUT2D eigenvalue weighted by Gasteiger charge is -2.18. The van der Waals surface area contributed by atoms with Gasteiger partial charge in [-0.15, -0.1) is 0 Å². The van der Waals surface area contributed by atoms with Gasteiger partial charge in [-0.1, -0.05) is 13.3 Å². The smallest absolute Gasteiger partial charge is 0.243 e. The number of rotatable bonds is 2. The zero-order chi connectivity index (χ0) is 8.27. The van der Waals surface area contributed by atoms with Gasteiger partial charge in [0.15, 0.2) is 0 Å². The summed E-state index contributed by atoms with van der Waals surface area (Å²) in [7, 11) is 0. The standard InChI is InChI=1S/C8H14N2O/c1-3-4-7-5-6(2)9-10-8(7)11/h7H,3-5H2,1-2H3,(H,10,11). The Kier molecular flexibility index (Phi) is 2.63. The van der Waals surface area contributed by atoms with Crippen LogP contribution in [0.2, 0.25) is 0 Å². The molecule has 0 saturated heterocycles. The first-order chi connectivity index (χ1) is 5.24. The second-order valence-electron chi connectivity index (χ2n) is 3.01. The molecule has 0 radical (unpaired) electrons. The largest absolute Gasteiger partial charge is 0.273 e. The van der Waals surface area contributed by atoms with Crippen LogP contribution in [0.25, 0.3) is 0 Å². The molecule has 0 aromatic heterocycles. The van der Waals surface area contributed by atoms with Gasteiger partial charge >= 0.3 is 0 Å². The van der Waals surface area contributed by atoms with E-state index >= 15 is 0 Å². The summed E-state index contributed by atoms with van der Waals surface area (Å²) in [5.41, 5.74) is 3.55. The van der Waals surface area contributed by atoms with Crippen molar-refractivity contribution in [2.45, 2.75) is 33.1 Å². The SMILES string of the molecule is CCCC1CC(C)=NNC1=O. The van der Waals surface area contributed by atoms with Crippen LogP contribution in [0.5, 0.6) is 0 Å². The molecule has 0 aromatic rings. The third kappa shape index (κ3) is 2.03. The highest BCUT2D eigenvalue weighted by molar-refractivity contribution is 5.92. The van der Waals surface area contributed by atoms with E-state index in [4.69, 9.17) is 0 Å². The Labute approximate surface area is 66.9 Å². The molecule has 0 spiro atoms. The second-order valence-corrected chi connectivity index (χ2v) is 3.01. The van der Waals surface area contributed by atoms with Crippen LogP contribution in [-0.4, -0.2) is 11.6 Å². The molecule has 0 aliphatic carbocycles. The van der Waals surface area contributed by atoms with Crippen molar-refractivity contribution in [1.82, 2.24) is 5.43 Å². The maximum Gasteiger partial charge on any atom is 0.243 e. The van der Waals surface area contributed by atoms with Gasteiger partial charge in [-0.3, -0.25) is 4.79 Å². The zero-order valence-electron chi connectivity index (χ0n) is 7.05. The molecule has 1 amide bonds. The summed E-state index contributed by atoms with van der Waals surface area (Å²) in [6.45, 7) is 4.04. The average molecular weight is 154 g/mol. The van der Waals surface area contributed by atoms with Crippen LogP contribution in [0.3, 0.4) is 0 Å². The number of hydrogen-bond acceptors (Lipinski definition) is 2. The third-order valence-electron chi connectivity index (χ3n) is 1.91. The molecule has 3 heteroatoms. The number of hydrazone groups is 1. The van der Waals surface area contributed by atoms with Gasteiger partial charge in [-0.05, 0) is 19.8 Å². The number of amides is 1. The molecular weight excluding hydrogens is 140 g/mol. The van der Waals surface area contributed by atoms with Crippen molar-refractivity contribution < 1.29 is 4.79 Å². The van der Waals surface area contributed by atoms with E-state index in [0.29, 0.717) is 0 Å². The number of carbonyl (C=O) groups is 1. The van der Waals surface area contributed by atoms with E-state index in [0.717, 1.165) is 25.0 Å². The molecule has 0 fully saturated rings. The minimum Gasteiger partial charge on any atom is -0.273 e. The summed E-state index contributed by atoms with van der Waals surface area (Å²) in [4.78, 5) is 11.1. The van der Waals surface area contributed by atoms with E-state index in [2.05, 4.69) is 17.5 Å². The third-order valence-corrected chi connectivity index (χ3v) is 1.91. The molecule has 62 valence electrons. The Morgan fingerprint density at radius 3 is 3.09 bits per heavy atom. The number of hydrogen-bond donors (Lipinski definition) is 1. The van der Waals surface area contributed by atoms with Crippen LogP contribution in [0, 0.1) is 5.92 Å². The second kappa shape index (κ2) is 3.51. The summed E-state index contributed by atoms with van der Waals surface area (Å²) in [6, 6.07) is 0. The van der Waals surface area contributed by atoms with Crippen LogP contribution in [-0.2, 0) is 4.79 Å². The lowest BCUT2D eigenvalue weighted by Crippen LogP contribution is -2.33. The van der Waals surface area contributed by atoms with Gasteiger partial charge in [0.05, 0.1) is 0 Å². The van der Waals surface area contributed by atoms with Crippen molar-refractivity contribution in [3.05, 3.63) is 0 Å². The Morgan fingerprint density at radius 2 is 2.45 bits per heavy atom. The van der Waals surface area contributed by atoms with Crippen LogP contribution in [0.4, 0.5) is 0 Å². The molecule has 1 unspecified atom stereocenters. The first kappa shape index (κ1) is 8.24. The molecule has 1 aliphatic rings. The molecule has 0 bridgehead atoms. The van der Waals surface area contributed by atoms with Gasteiger partial charge in [0.1, 0.15) is 0 Å². The van der Waals surface area contributed by atoms with E-state index in [1.807, 2.05) is 6.92 Å². The zero-order valence-corrected chi connectivity index (χ0v) is 7.05. The Balaban J connectivity index is 2.53. The van der Waals surface area contributed by atoms with Crippen molar-refractivity contribution in [2.75, 3.05) is 0 Å². The quantitative estimate of drug-likeness (QED) is 0.640. The first-order valence-electron chi connectivity index (χ1n) is 4.07. The number of carbonyl (C=O) groups excluding carboxylic acids is 1. The summed E-state index contributed by atoms with van der Waals surface area (Å²) in [5.74, 6) is 0.245. The maximum atomic E-state index is 11.1. The number of nitrogens with one attached hydrogen (secondary N) is 1. The van der Waals surface area contributed by atoms with E-state index in [1.165, 1.54) is 0 Å². The van der Waals surface area contributed by atoms with Crippen LogP contribution >= 0.6 is 0 Å². The fourth-order valence-electron chi connectivity index (χ4n) is 1.32. The van der Waals surface area contributed by atoms with Crippen molar-refractivity contribution in [1.29, 1.82) is 0 Å². The molecule has 1 heterocycles. The Hall–Kier alpha value is -0.860. The normalized spacial score (nSPS) is 24.4. The predicted octanol–water partition coefficient (Wildman–Crippen LogP) is 1.30. The van der Waals surface area contributed by atoms with Gasteiger partial charge in [0.2, 0.25) is 5.91 Å². The van der Waals surface area contributed by atoms with Crippen LogP contribution in [0.1, 0.15) is 33.1 Å². The van der Waals surface area contributed by atoms with Gasteiger partial charge in [-0.25, -0.2) is 5.43 Å². The van der Waals surface area contributed by atoms with Crippen molar-refractivity contribution in [3.63, 3.8) is 0 Å². The fourth-order valence-corrected chi connectivity index (χ4v) is 1.32. The Bertz CT molecular complexity index is 187. The predicted molar refractivity (Wildman–Crippen MR) is 44.3 cm³/mol. The number of nitrogens with zero attached hydrogens (tertiary/aromatic N) is 1. The minimum absolute atomic E-state index is 0.0810. The molecule has 0 saturated carbocycles. The minimum atomic E-state index is 0.0810. The van der Waals surface area contributed by atoms with Crippen molar-refractivity contribution in [3.8, 4) is 0 Å². The summed E-state index contributed by atoms with van der Waals surface area (Å²) in [5, 5.41) is 3.86. The Morgan fingerprint density at radius 1 is 1.73 bits per heavy atom. The van der Waals surface area contributed by atoms with Crippen molar-refractivity contribution in [2.24, 2.45) is 11.0 Å². The summed E-state index contributed by atoms with van der Waals surface area (Å²) in [6.07, 6.45) is 2.86. The van der Waals surface area contributed by atoms with Gasteiger partial charge < -0.3 is 0 Å². The maximum absolute atomic E-state index is 11.1. The lowest BCUT2D eigenvalue weighted by molar-refractivity contribution is -0.125. The molecule has 1 N–H and O–H groups in total. The molecule has 11 heavy (non-hydrogen) atoms. The first-order valence-corrected chi connectivity index (χ1v) is 4.07. The highest BCUT2D eigenvalue weighted by Gasteiger charge is 2.21. The molecule has 0 aromatic carbocycles. The molecular formula is C8H14N2O. The summed E-state index contributed by atoms with van der Waals surface area (Å²) < 4.78 is 0. The van der Waals surface area contributed by atoms with E-state index in [1.54, 1.807) is 0 Å². The molecule has 1 rings (SSSR count). The van der Waals surface area contributed by atoms with Crippen LogP contribution in [0.15, 0.2) is 5.10 Å². The van der Waals surface area contributed by atoms with Gasteiger partial charge in [0, 0.05) is 11.6 Å². The monoisotopic (exact) mass is 154 g/mol. The fraction of sp³-hybridized carbons (Fsp3) is 0.750. The van der Waals surface area contributed by atoms with Crippen LogP contribution < -0.4 is 5.43 Å². The van der Waals surface area contributed by atoms with E-state index in [-0.39, 0.29) is 11.8 Å². The molecule has 1 aliphatic heterocycles. The topological polar surface area (TPSA) is 41.5 Å². The van der Waals surface area contributed by atoms with E-state index < -0.39 is 0 Å². The van der Waals surface area contributed by atoms with Crippen molar-refractivity contribution >= 4 is 11.6 Å². The average Bonchev–Trinajstić information content (AvgIpc) is 1.98. The highest BCUT2D eigenvalue weighted by Crippen LogP contribution is 2.14. The van der Waals surface area contributed by atoms with Gasteiger partial charge in [-0.2, -0.15) is 5.10 Å². The van der Waals surface area contributed by atoms with Gasteiger partial charge in [0.25, 0.3) is 0 Å².